The van der Waals surface area contributed by atoms with Crippen molar-refractivity contribution >= 4 is 98.0 Å². The van der Waals surface area contributed by atoms with Crippen molar-refractivity contribution in [2.45, 2.75) is 90.2 Å². The van der Waals surface area contributed by atoms with Gasteiger partial charge >= 0.3 is 18.0 Å². The molecule has 1 aromatic carbocycles. The second-order valence-corrected chi connectivity index (χ2v) is 17.7. The molecule has 53 heavy (non-hydrogen) atoms. The molecule has 19 heteroatoms. The van der Waals surface area contributed by atoms with Crippen LogP contribution in [0.2, 0.25) is 4.34 Å². The Balaban J connectivity index is 1.57. The zero-order valence-electron chi connectivity index (χ0n) is 30.6. The van der Waals surface area contributed by atoms with Gasteiger partial charge in [-0.2, -0.15) is 0 Å². The molecule has 2 N–H and O–H groups in total. The molecule has 2 atom stereocenters. The molecule has 2 aromatic rings. The van der Waals surface area contributed by atoms with Crippen LogP contribution in [0.5, 0.6) is 5.75 Å². The maximum atomic E-state index is 14.0. The number of nitrogens with zero attached hydrogens (tertiary/aromatic N) is 3. The number of anilines is 1. The van der Waals surface area contributed by atoms with Crippen LogP contribution in [0.15, 0.2) is 40.7 Å². The van der Waals surface area contributed by atoms with Gasteiger partial charge in [0.1, 0.15) is 50.7 Å². The molecule has 2 aliphatic rings. The predicted octanol–water partition coefficient (Wildman–Crippen LogP) is 5.83. The van der Waals surface area contributed by atoms with Crippen LogP contribution >= 0.6 is 57.3 Å². The molecule has 15 nitrogen and oxygen atoms in total. The smallest absolute Gasteiger partial charge is 0.413 e. The second kappa shape index (κ2) is 16.8. The van der Waals surface area contributed by atoms with Crippen molar-refractivity contribution in [3.05, 3.63) is 51.1 Å². The summed E-state index contributed by atoms with van der Waals surface area (Å²) in [6, 6.07) is 5.94. The highest BCUT2D eigenvalue weighted by atomic mass is 127. The highest BCUT2D eigenvalue weighted by Crippen LogP contribution is 2.41. The summed E-state index contributed by atoms with van der Waals surface area (Å²) in [6.07, 6.45) is -0.813. The number of thioether (sulfide) groups is 1. The number of halogens is 2. The zero-order valence-corrected chi connectivity index (χ0v) is 35.1. The molecular weight excluding hydrogens is 865 g/mol. The van der Waals surface area contributed by atoms with Gasteiger partial charge in [0.15, 0.2) is 10.8 Å². The summed E-state index contributed by atoms with van der Waals surface area (Å²) in [7, 11) is 1.55. The van der Waals surface area contributed by atoms with E-state index in [-0.39, 0.29) is 27.5 Å². The summed E-state index contributed by atoms with van der Waals surface area (Å²) in [5.41, 5.74) is -2.45. The summed E-state index contributed by atoms with van der Waals surface area (Å²) in [5.74, 6) is -1.86. The molecular formula is C34H41ClIN5O10S2. The van der Waals surface area contributed by atoms with Crippen LogP contribution in [0.1, 0.15) is 66.6 Å². The minimum Gasteiger partial charge on any atom is -0.497 e. The molecule has 288 valence electrons. The average molecular weight is 906 g/mol. The standard InChI is InChI=1S/C34H41ClIN5O10S2/c1-32(2,3)49-29(45)34(7,8)51-40-21(20-24(35)53-30(38-20)39-31(46)50-33(4,5)6)25(42)37-22-26(43)41-23(18(14-36)16-52-27(22)41)28(44)48-15-17-10-12-19(47-9)13-11-17/h10-13,22,27H,14-16H2,1-9H3,(H,37,42)(H,38,39,46)/b40-21-. The summed E-state index contributed by atoms with van der Waals surface area (Å²) in [6.45, 7) is 12.9. The molecule has 0 spiro atoms. The van der Waals surface area contributed by atoms with Crippen LogP contribution in [0, 0.1) is 0 Å². The van der Waals surface area contributed by atoms with Crippen molar-refractivity contribution in [2.24, 2.45) is 5.16 Å². The van der Waals surface area contributed by atoms with Gasteiger partial charge in [-0.1, -0.05) is 62.8 Å². The fourth-order valence-corrected chi connectivity index (χ4v) is 7.98. The van der Waals surface area contributed by atoms with Crippen molar-refractivity contribution in [2.75, 3.05) is 22.6 Å². The van der Waals surface area contributed by atoms with Crippen molar-refractivity contribution in [3.8, 4) is 5.75 Å². The molecule has 0 radical (unpaired) electrons. The number of benzene rings is 1. The quantitative estimate of drug-likeness (QED) is 0.0496. The van der Waals surface area contributed by atoms with Gasteiger partial charge in [0.05, 0.1) is 7.11 Å². The molecule has 3 heterocycles. The summed E-state index contributed by atoms with van der Waals surface area (Å²) in [5, 5.41) is 8.46. The van der Waals surface area contributed by atoms with Crippen LogP contribution in [-0.4, -0.2) is 91.0 Å². The van der Waals surface area contributed by atoms with E-state index in [1.807, 2.05) is 0 Å². The minimum absolute atomic E-state index is 0.0193. The van der Waals surface area contributed by atoms with E-state index < -0.39 is 63.8 Å². The highest BCUT2D eigenvalue weighted by molar-refractivity contribution is 14.1. The number of hydrogen-bond donors (Lipinski definition) is 2. The first kappa shape index (κ1) is 42.1. The van der Waals surface area contributed by atoms with Gasteiger partial charge in [0.2, 0.25) is 5.60 Å². The van der Waals surface area contributed by atoms with Crippen molar-refractivity contribution in [3.63, 3.8) is 0 Å². The number of carbonyl (C=O) groups excluding carboxylic acids is 5. The van der Waals surface area contributed by atoms with E-state index in [0.717, 1.165) is 16.9 Å². The topological polar surface area (TPSA) is 184 Å². The summed E-state index contributed by atoms with van der Waals surface area (Å²) in [4.78, 5) is 77.5. The molecule has 1 fully saturated rings. The summed E-state index contributed by atoms with van der Waals surface area (Å²) >= 11 is 10.8. The third kappa shape index (κ3) is 10.8. The molecule has 1 aromatic heterocycles. The third-order valence-electron chi connectivity index (χ3n) is 7.11. The van der Waals surface area contributed by atoms with Crippen molar-refractivity contribution in [1.29, 1.82) is 0 Å². The number of aromatic nitrogens is 1. The first-order chi connectivity index (χ1) is 24.6. The van der Waals surface area contributed by atoms with Crippen LogP contribution in [0.4, 0.5) is 9.93 Å². The van der Waals surface area contributed by atoms with Gasteiger partial charge < -0.3 is 29.1 Å². The van der Waals surface area contributed by atoms with Gasteiger partial charge in [-0.3, -0.25) is 19.8 Å². The predicted molar refractivity (Wildman–Crippen MR) is 208 cm³/mol. The highest BCUT2D eigenvalue weighted by Gasteiger charge is 2.54. The number of alkyl halides is 1. The minimum atomic E-state index is -1.68. The van der Waals surface area contributed by atoms with Gasteiger partial charge in [-0.15, -0.1) is 11.8 Å². The van der Waals surface area contributed by atoms with E-state index in [2.05, 4.69) is 43.4 Å². The second-order valence-electron chi connectivity index (χ2n) is 14.2. The Kier molecular flexibility index (Phi) is 13.4. The lowest BCUT2D eigenvalue weighted by molar-refractivity contribution is -0.179. The van der Waals surface area contributed by atoms with E-state index >= 15 is 0 Å². The maximum Gasteiger partial charge on any atom is 0.413 e. The Morgan fingerprint density at radius 2 is 1.68 bits per heavy atom. The number of rotatable bonds is 12. The normalized spacial score (nSPS) is 17.7. The Morgan fingerprint density at radius 3 is 2.26 bits per heavy atom. The fourth-order valence-electron chi connectivity index (χ4n) is 4.61. The number of nitrogens with one attached hydrogen (secondary N) is 2. The lowest BCUT2D eigenvalue weighted by atomic mass is 10.0. The number of hydrogen-bond acceptors (Lipinski definition) is 14. The van der Waals surface area contributed by atoms with Gasteiger partial charge in [-0.05, 0) is 78.7 Å². The van der Waals surface area contributed by atoms with E-state index in [1.54, 1.807) is 72.9 Å². The Bertz CT molecular complexity index is 1820. The van der Waals surface area contributed by atoms with Crippen molar-refractivity contribution in [1.82, 2.24) is 15.2 Å². The molecule has 4 rings (SSSR count). The number of fused-ring (bicyclic) bond motifs is 1. The van der Waals surface area contributed by atoms with Crippen molar-refractivity contribution < 1.29 is 47.8 Å². The van der Waals surface area contributed by atoms with Crippen LogP contribution in [0.3, 0.4) is 0 Å². The third-order valence-corrected chi connectivity index (χ3v) is 10.5. The number of carbonyl (C=O) groups is 5. The van der Waals surface area contributed by atoms with E-state index in [9.17, 15) is 24.0 Å². The Labute approximate surface area is 334 Å². The number of β-lactam (4-membered cyclic amide) rings is 1. The van der Waals surface area contributed by atoms with Gasteiger partial charge in [0, 0.05) is 10.2 Å². The van der Waals surface area contributed by atoms with E-state index in [1.165, 1.54) is 30.5 Å². The molecule has 2 aliphatic heterocycles. The molecule has 0 aliphatic carbocycles. The average Bonchev–Trinajstić information content (AvgIpc) is 3.42. The van der Waals surface area contributed by atoms with E-state index in [0.29, 0.717) is 21.5 Å². The first-order valence-corrected chi connectivity index (χ1v) is 19.9. The van der Waals surface area contributed by atoms with Crippen LogP contribution in [-0.2, 0) is 44.8 Å². The molecule has 0 saturated carbocycles. The SMILES string of the molecule is COc1ccc(COC(=O)C2=C(CI)CSC3C(NC(=O)/C(=N\OC(C)(C)C(=O)OC(C)(C)C)c4nc(NC(=O)OC(C)(C)C)sc4Cl)C(=O)N23)cc1. The van der Waals surface area contributed by atoms with Gasteiger partial charge in [0.25, 0.3) is 11.8 Å². The number of oxime groups is 1. The first-order valence-electron chi connectivity index (χ1n) is 16.1. The number of ether oxygens (including phenoxy) is 4. The van der Waals surface area contributed by atoms with Crippen LogP contribution in [0.25, 0.3) is 0 Å². The number of thiazole rings is 1. The monoisotopic (exact) mass is 905 g/mol. The lowest BCUT2D eigenvalue weighted by Gasteiger charge is -2.49. The number of methoxy groups -OCH3 is 1. The maximum absolute atomic E-state index is 14.0. The van der Waals surface area contributed by atoms with E-state index in [4.69, 9.17) is 35.4 Å². The fraction of sp³-hybridized carbons (Fsp3) is 0.500. The molecule has 0 bridgehead atoms. The Morgan fingerprint density at radius 1 is 1.04 bits per heavy atom. The summed E-state index contributed by atoms with van der Waals surface area (Å²) < 4.78 is 21.9. The van der Waals surface area contributed by atoms with Gasteiger partial charge in [-0.25, -0.2) is 19.4 Å². The molecule has 1 saturated heterocycles. The number of esters is 2. The Hall–Kier alpha value is -3.62. The van der Waals surface area contributed by atoms with Crippen LogP contribution < -0.4 is 15.4 Å². The number of amides is 3. The molecule has 2 unspecified atom stereocenters. The zero-order chi connectivity index (χ0) is 39.5. The molecule has 3 amide bonds. The largest absolute Gasteiger partial charge is 0.497 e. The lowest BCUT2D eigenvalue weighted by Crippen LogP contribution is -2.71.